The van der Waals surface area contributed by atoms with Crippen molar-refractivity contribution < 1.29 is 0 Å². The Balaban J connectivity index is 1.82. The maximum atomic E-state index is 5.91. The van der Waals surface area contributed by atoms with Gasteiger partial charge in [-0.15, -0.1) is 22.7 Å². The van der Waals surface area contributed by atoms with E-state index in [4.69, 9.17) is 5.73 Å². The molecule has 0 fully saturated rings. The number of aromatic nitrogens is 3. The summed E-state index contributed by atoms with van der Waals surface area (Å²) in [6, 6.07) is 1.95. The van der Waals surface area contributed by atoms with Gasteiger partial charge in [-0.25, -0.2) is 15.0 Å². The Morgan fingerprint density at radius 2 is 2.17 bits per heavy atom. The van der Waals surface area contributed by atoms with Crippen molar-refractivity contribution in [1.82, 2.24) is 15.0 Å². The molecule has 0 unspecified atom stereocenters. The van der Waals surface area contributed by atoms with Gasteiger partial charge in [0.2, 0.25) is 0 Å². The molecular weight excluding hydrogens is 284 g/mol. The molecule has 0 aromatic carbocycles. The molecule has 92 valence electrons. The molecular formula is C11H10N4S3. The molecule has 0 aliphatic rings. The van der Waals surface area contributed by atoms with Crippen LogP contribution in [0.15, 0.2) is 21.2 Å². The molecule has 7 heteroatoms. The third-order valence-corrected chi connectivity index (χ3v) is 5.27. The van der Waals surface area contributed by atoms with Crippen LogP contribution in [-0.4, -0.2) is 15.0 Å². The zero-order chi connectivity index (χ0) is 12.5. The van der Waals surface area contributed by atoms with Crippen LogP contribution in [0.5, 0.6) is 0 Å². The number of thiazole rings is 1. The standard InChI is InChI=1S/C11H10N4S3/c1-6-4-17-11(13-6)18-5-8-14-9(12)7-2-3-16-10(7)15-8/h2-4H,5H2,1H3,(H2,12,14,15). The molecule has 0 atom stereocenters. The number of rotatable bonds is 3. The first-order valence-corrected chi connectivity index (χ1v) is 8.01. The summed E-state index contributed by atoms with van der Waals surface area (Å²) in [5.41, 5.74) is 6.96. The lowest BCUT2D eigenvalue weighted by Gasteiger charge is -2.00. The molecule has 0 amide bonds. The molecule has 0 aliphatic carbocycles. The SMILES string of the molecule is Cc1csc(SCc2nc(N)c3ccsc3n2)n1. The van der Waals surface area contributed by atoms with Gasteiger partial charge in [-0.2, -0.15) is 0 Å². The number of aryl methyl sites for hydroxylation is 1. The van der Waals surface area contributed by atoms with E-state index in [0.29, 0.717) is 11.6 Å². The van der Waals surface area contributed by atoms with Crippen molar-refractivity contribution in [1.29, 1.82) is 0 Å². The Morgan fingerprint density at radius 1 is 1.28 bits per heavy atom. The van der Waals surface area contributed by atoms with Crippen LogP contribution >= 0.6 is 34.4 Å². The fraction of sp³-hybridized carbons (Fsp3) is 0.182. The highest BCUT2D eigenvalue weighted by atomic mass is 32.2. The van der Waals surface area contributed by atoms with Crippen LogP contribution in [0.1, 0.15) is 11.5 Å². The number of hydrogen-bond donors (Lipinski definition) is 1. The van der Waals surface area contributed by atoms with Crippen LogP contribution in [-0.2, 0) is 5.75 Å². The van der Waals surface area contributed by atoms with E-state index in [1.54, 1.807) is 34.4 Å². The Hall–Kier alpha value is -1.18. The van der Waals surface area contributed by atoms with Gasteiger partial charge >= 0.3 is 0 Å². The van der Waals surface area contributed by atoms with Crippen LogP contribution in [0.2, 0.25) is 0 Å². The quantitative estimate of drug-likeness (QED) is 0.751. The van der Waals surface area contributed by atoms with E-state index in [2.05, 4.69) is 15.0 Å². The third-order valence-electron chi connectivity index (χ3n) is 2.32. The van der Waals surface area contributed by atoms with E-state index in [1.807, 2.05) is 23.8 Å². The van der Waals surface area contributed by atoms with E-state index in [0.717, 1.165) is 26.1 Å². The number of nitrogens with zero attached hydrogens (tertiary/aromatic N) is 3. The number of thiophene rings is 1. The van der Waals surface area contributed by atoms with Gasteiger partial charge < -0.3 is 5.73 Å². The first-order valence-electron chi connectivity index (χ1n) is 5.27. The Morgan fingerprint density at radius 3 is 2.94 bits per heavy atom. The lowest BCUT2D eigenvalue weighted by Crippen LogP contribution is -1.98. The zero-order valence-electron chi connectivity index (χ0n) is 9.58. The molecule has 0 radical (unpaired) electrons. The maximum Gasteiger partial charge on any atom is 0.150 e. The summed E-state index contributed by atoms with van der Waals surface area (Å²) in [5.74, 6) is 2.03. The van der Waals surface area contributed by atoms with Crippen molar-refractivity contribution in [3.8, 4) is 0 Å². The number of nitrogens with two attached hydrogens (primary N) is 1. The van der Waals surface area contributed by atoms with Crippen molar-refractivity contribution >= 4 is 50.5 Å². The number of thioether (sulfide) groups is 1. The molecule has 3 aromatic heterocycles. The third kappa shape index (κ3) is 2.33. The molecule has 0 aliphatic heterocycles. The lowest BCUT2D eigenvalue weighted by atomic mass is 10.4. The van der Waals surface area contributed by atoms with Crippen LogP contribution in [0.4, 0.5) is 5.82 Å². The number of hydrogen-bond acceptors (Lipinski definition) is 7. The van der Waals surface area contributed by atoms with Gasteiger partial charge in [-0.1, -0.05) is 11.8 Å². The topological polar surface area (TPSA) is 64.7 Å². The van der Waals surface area contributed by atoms with Gasteiger partial charge in [0, 0.05) is 11.1 Å². The average molecular weight is 294 g/mol. The van der Waals surface area contributed by atoms with Gasteiger partial charge in [0.15, 0.2) is 4.34 Å². The predicted molar refractivity (Wildman–Crippen MR) is 78.2 cm³/mol. The summed E-state index contributed by atoms with van der Waals surface area (Å²) in [6.45, 7) is 1.99. The number of nitrogen functional groups attached to an aromatic ring is 1. The highest BCUT2D eigenvalue weighted by Gasteiger charge is 2.07. The summed E-state index contributed by atoms with van der Waals surface area (Å²) < 4.78 is 1.04. The highest BCUT2D eigenvalue weighted by Crippen LogP contribution is 2.27. The van der Waals surface area contributed by atoms with Crippen molar-refractivity contribution in [2.75, 3.05) is 5.73 Å². The highest BCUT2D eigenvalue weighted by molar-refractivity contribution is 8.00. The van der Waals surface area contributed by atoms with Crippen LogP contribution in [0.3, 0.4) is 0 Å². The summed E-state index contributed by atoms with van der Waals surface area (Å²) >= 11 is 4.88. The molecule has 3 rings (SSSR count). The van der Waals surface area contributed by atoms with Gasteiger partial charge in [0.25, 0.3) is 0 Å². The van der Waals surface area contributed by atoms with Gasteiger partial charge in [0.1, 0.15) is 16.5 Å². The molecule has 4 nitrogen and oxygen atoms in total. The summed E-state index contributed by atoms with van der Waals surface area (Å²) in [4.78, 5) is 14.2. The lowest BCUT2D eigenvalue weighted by molar-refractivity contribution is 1.08. The minimum atomic E-state index is 0.562. The molecule has 0 spiro atoms. The van der Waals surface area contributed by atoms with E-state index in [1.165, 1.54) is 0 Å². The number of fused-ring (bicyclic) bond motifs is 1. The molecule has 3 aromatic rings. The van der Waals surface area contributed by atoms with Crippen molar-refractivity contribution in [3.63, 3.8) is 0 Å². The van der Waals surface area contributed by atoms with Gasteiger partial charge in [-0.3, -0.25) is 0 Å². The largest absolute Gasteiger partial charge is 0.383 e. The van der Waals surface area contributed by atoms with Gasteiger partial charge in [0.05, 0.1) is 11.1 Å². The summed E-state index contributed by atoms with van der Waals surface area (Å²) in [7, 11) is 0. The molecule has 0 saturated heterocycles. The molecule has 18 heavy (non-hydrogen) atoms. The van der Waals surface area contributed by atoms with E-state index >= 15 is 0 Å². The Bertz CT molecular complexity index is 688. The van der Waals surface area contributed by atoms with Crippen LogP contribution in [0.25, 0.3) is 10.2 Å². The van der Waals surface area contributed by atoms with Crippen LogP contribution < -0.4 is 5.73 Å². The first kappa shape index (κ1) is 11.9. The molecule has 0 bridgehead atoms. The Kier molecular flexibility index (Phi) is 3.19. The van der Waals surface area contributed by atoms with E-state index < -0.39 is 0 Å². The number of anilines is 1. The zero-order valence-corrected chi connectivity index (χ0v) is 12.0. The summed E-state index contributed by atoms with van der Waals surface area (Å²) in [5, 5.41) is 4.97. The average Bonchev–Trinajstić information content (AvgIpc) is 2.95. The molecule has 0 saturated carbocycles. The molecule has 2 N–H and O–H groups in total. The van der Waals surface area contributed by atoms with Crippen molar-refractivity contribution in [2.24, 2.45) is 0 Å². The second-order valence-corrected chi connectivity index (χ2v) is 6.68. The minimum Gasteiger partial charge on any atom is -0.383 e. The van der Waals surface area contributed by atoms with Gasteiger partial charge in [-0.05, 0) is 18.4 Å². The monoisotopic (exact) mass is 294 g/mol. The Labute approximate surface area is 116 Å². The fourth-order valence-corrected chi connectivity index (χ4v) is 4.01. The van der Waals surface area contributed by atoms with Crippen molar-refractivity contribution in [3.05, 3.63) is 28.3 Å². The second-order valence-electron chi connectivity index (χ2n) is 3.71. The summed E-state index contributed by atoms with van der Waals surface area (Å²) in [6.07, 6.45) is 0. The minimum absolute atomic E-state index is 0.562. The normalized spacial score (nSPS) is 11.2. The van der Waals surface area contributed by atoms with Crippen LogP contribution in [0, 0.1) is 6.92 Å². The first-order chi connectivity index (χ1) is 8.72. The van der Waals surface area contributed by atoms with E-state index in [9.17, 15) is 0 Å². The fourth-order valence-electron chi connectivity index (χ4n) is 1.51. The maximum absolute atomic E-state index is 5.91. The van der Waals surface area contributed by atoms with Crippen molar-refractivity contribution in [2.45, 2.75) is 17.0 Å². The predicted octanol–water partition coefficient (Wildman–Crippen LogP) is 3.33. The molecule has 3 heterocycles. The second kappa shape index (κ2) is 4.83. The van der Waals surface area contributed by atoms with E-state index in [-0.39, 0.29) is 0 Å². The smallest absolute Gasteiger partial charge is 0.150 e.